The fourth-order valence-electron chi connectivity index (χ4n) is 2.60. The minimum absolute atomic E-state index is 0.142. The first kappa shape index (κ1) is 18.8. The summed E-state index contributed by atoms with van der Waals surface area (Å²) in [6, 6.07) is 4.75. The molecule has 1 aromatic rings. The Morgan fingerprint density at radius 3 is 2.40 bits per heavy atom. The second-order valence-corrected chi connectivity index (χ2v) is 5.59. The monoisotopic (exact) mass is 353 g/mol. The number of rotatable bonds is 4. The molecule has 0 aromatic heterocycles. The van der Waals surface area contributed by atoms with Crippen molar-refractivity contribution in [3.05, 3.63) is 35.4 Å². The molecular formula is C17H18F3N3O2. The van der Waals surface area contributed by atoms with Crippen LogP contribution in [0.5, 0.6) is 0 Å². The summed E-state index contributed by atoms with van der Waals surface area (Å²) in [7, 11) is 0. The zero-order valence-electron chi connectivity index (χ0n) is 13.5. The summed E-state index contributed by atoms with van der Waals surface area (Å²) in [5, 5.41) is 2.54. The number of nitrogens with one attached hydrogen (secondary N) is 1. The van der Waals surface area contributed by atoms with Gasteiger partial charge in [0.15, 0.2) is 0 Å². The van der Waals surface area contributed by atoms with E-state index in [-0.39, 0.29) is 37.6 Å². The lowest BCUT2D eigenvalue weighted by molar-refractivity contribution is -0.138. The molecule has 0 radical (unpaired) electrons. The number of amides is 2. The van der Waals surface area contributed by atoms with Gasteiger partial charge in [0.2, 0.25) is 5.91 Å². The van der Waals surface area contributed by atoms with Gasteiger partial charge in [-0.1, -0.05) is 18.1 Å². The van der Waals surface area contributed by atoms with E-state index in [1.54, 1.807) is 0 Å². The van der Waals surface area contributed by atoms with E-state index in [1.807, 2.05) is 4.90 Å². The van der Waals surface area contributed by atoms with Crippen molar-refractivity contribution >= 4 is 11.8 Å². The Morgan fingerprint density at radius 1 is 1.16 bits per heavy atom. The summed E-state index contributed by atoms with van der Waals surface area (Å²) in [5.41, 5.74) is -1.29. The quantitative estimate of drug-likeness (QED) is 0.828. The molecule has 134 valence electrons. The maximum absolute atomic E-state index is 13.0. The number of halogens is 3. The van der Waals surface area contributed by atoms with Gasteiger partial charge in [-0.3, -0.25) is 14.5 Å². The molecule has 2 rings (SSSR count). The molecule has 1 fully saturated rings. The van der Waals surface area contributed by atoms with Gasteiger partial charge in [0, 0.05) is 26.2 Å². The second kappa shape index (κ2) is 8.03. The van der Waals surface area contributed by atoms with Crippen LogP contribution in [0.3, 0.4) is 0 Å². The molecule has 0 saturated carbocycles. The molecule has 0 spiro atoms. The normalized spacial score (nSPS) is 15.5. The van der Waals surface area contributed by atoms with Crippen molar-refractivity contribution in [1.29, 1.82) is 0 Å². The number of piperazine rings is 1. The van der Waals surface area contributed by atoms with E-state index in [9.17, 15) is 22.8 Å². The maximum Gasteiger partial charge on any atom is 0.417 e. The topological polar surface area (TPSA) is 52.7 Å². The third-order valence-corrected chi connectivity index (χ3v) is 3.88. The molecule has 0 atom stereocenters. The van der Waals surface area contributed by atoms with Crippen molar-refractivity contribution in [2.24, 2.45) is 0 Å². The van der Waals surface area contributed by atoms with E-state index >= 15 is 0 Å². The average Bonchev–Trinajstić information content (AvgIpc) is 2.59. The van der Waals surface area contributed by atoms with Gasteiger partial charge in [0.05, 0.1) is 24.2 Å². The SMILES string of the molecule is C#CCNC(=O)CN1CCN(C(=O)c2ccccc2C(F)(F)F)CC1. The number of carbonyl (C=O) groups is 2. The third-order valence-electron chi connectivity index (χ3n) is 3.88. The molecule has 25 heavy (non-hydrogen) atoms. The van der Waals surface area contributed by atoms with Crippen LogP contribution >= 0.6 is 0 Å². The van der Waals surface area contributed by atoms with E-state index in [1.165, 1.54) is 23.1 Å². The van der Waals surface area contributed by atoms with Crippen LogP contribution in [-0.2, 0) is 11.0 Å². The molecule has 2 amide bonds. The number of terminal acetylenes is 1. The molecule has 8 heteroatoms. The van der Waals surface area contributed by atoms with Gasteiger partial charge in [-0.2, -0.15) is 13.2 Å². The number of hydrogen-bond acceptors (Lipinski definition) is 3. The van der Waals surface area contributed by atoms with Crippen LogP contribution in [0, 0.1) is 12.3 Å². The number of carbonyl (C=O) groups excluding carboxylic acids is 2. The molecule has 5 nitrogen and oxygen atoms in total. The van der Waals surface area contributed by atoms with Gasteiger partial charge in [-0.25, -0.2) is 0 Å². The maximum atomic E-state index is 13.0. The van der Waals surface area contributed by atoms with Crippen molar-refractivity contribution in [2.75, 3.05) is 39.3 Å². The lowest BCUT2D eigenvalue weighted by atomic mass is 10.1. The number of alkyl halides is 3. The lowest BCUT2D eigenvalue weighted by Crippen LogP contribution is -2.51. The summed E-state index contributed by atoms with van der Waals surface area (Å²) < 4.78 is 39.1. The van der Waals surface area contributed by atoms with Crippen molar-refractivity contribution < 1.29 is 22.8 Å². The van der Waals surface area contributed by atoms with Crippen molar-refractivity contribution in [3.8, 4) is 12.3 Å². The lowest BCUT2D eigenvalue weighted by Gasteiger charge is -2.34. The largest absolute Gasteiger partial charge is 0.417 e. The highest BCUT2D eigenvalue weighted by molar-refractivity contribution is 5.96. The molecule has 0 unspecified atom stereocenters. The summed E-state index contributed by atoms with van der Waals surface area (Å²) >= 11 is 0. The Balaban J connectivity index is 1.97. The number of hydrogen-bond donors (Lipinski definition) is 1. The summed E-state index contributed by atoms with van der Waals surface area (Å²) in [4.78, 5) is 27.3. The zero-order valence-corrected chi connectivity index (χ0v) is 13.5. The molecule has 1 heterocycles. The highest BCUT2D eigenvalue weighted by Crippen LogP contribution is 2.32. The second-order valence-electron chi connectivity index (χ2n) is 5.59. The predicted octanol–water partition coefficient (Wildman–Crippen LogP) is 1.21. The third kappa shape index (κ3) is 4.97. The van der Waals surface area contributed by atoms with Gasteiger partial charge in [0.1, 0.15) is 0 Å². The van der Waals surface area contributed by atoms with Gasteiger partial charge >= 0.3 is 6.18 Å². The van der Waals surface area contributed by atoms with Gasteiger partial charge in [-0.15, -0.1) is 6.42 Å². The van der Waals surface area contributed by atoms with Gasteiger partial charge < -0.3 is 10.2 Å². The van der Waals surface area contributed by atoms with Crippen molar-refractivity contribution in [2.45, 2.75) is 6.18 Å². The zero-order chi connectivity index (χ0) is 18.4. The minimum atomic E-state index is -4.58. The number of nitrogens with zero attached hydrogens (tertiary/aromatic N) is 2. The van der Waals surface area contributed by atoms with Crippen LogP contribution in [-0.4, -0.2) is 60.9 Å². The highest BCUT2D eigenvalue weighted by atomic mass is 19.4. The van der Waals surface area contributed by atoms with E-state index < -0.39 is 17.6 Å². The van der Waals surface area contributed by atoms with Crippen LogP contribution < -0.4 is 5.32 Å². The van der Waals surface area contributed by atoms with Gasteiger partial charge in [0.25, 0.3) is 5.91 Å². The van der Waals surface area contributed by atoms with E-state index in [4.69, 9.17) is 6.42 Å². The fourth-order valence-corrected chi connectivity index (χ4v) is 2.60. The Morgan fingerprint density at radius 2 is 1.80 bits per heavy atom. The molecule has 1 aromatic carbocycles. The first-order valence-electron chi connectivity index (χ1n) is 7.71. The Hall–Kier alpha value is -2.53. The van der Waals surface area contributed by atoms with E-state index in [2.05, 4.69) is 11.2 Å². The molecule has 0 aliphatic carbocycles. The summed E-state index contributed by atoms with van der Waals surface area (Å²) in [6.45, 7) is 1.61. The first-order chi connectivity index (χ1) is 11.8. The Bertz CT molecular complexity index is 674. The minimum Gasteiger partial charge on any atom is -0.344 e. The summed E-state index contributed by atoms with van der Waals surface area (Å²) in [6.07, 6.45) is 0.477. The van der Waals surface area contributed by atoms with Crippen LogP contribution in [0.25, 0.3) is 0 Å². The fraction of sp³-hybridized carbons (Fsp3) is 0.412. The number of benzene rings is 1. The van der Waals surface area contributed by atoms with Crippen LogP contribution in [0.4, 0.5) is 13.2 Å². The summed E-state index contributed by atoms with van der Waals surface area (Å²) in [5.74, 6) is 1.43. The predicted molar refractivity (Wildman–Crippen MR) is 85.6 cm³/mol. The van der Waals surface area contributed by atoms with Crippen LogP contribution in [0.15, 0.2) is 24.3 Å². The van der Waals surface area contributed by atoms with E-state index in [0.717, 1.165) is 6.07 Å². The first-order valence-corrected chi connectivity index (χ1v) is 7.71. The highest BCUT2D eigenvalue weighted by Gasteiger charge is 2.36. The smallest absolute Gasteiger partial charge is 0.344 e. The van der Waals surface area contributed by atoms with E-state index in [0.29, 0.717) is 13.1 Å². The van der Waals surface area contributed by atoms with Crippen molar-refractivity contribution in [1.82, 2.24) is 15.1 Å². The van der Waals surface area contributed by atoms with Crippen molar-refractivity contribution in [3.63, 3.8) is 0 Å². The molecule has 1 saturated heterocycles. The average molecular weight is 353 g/mol. The standard InChI is InChI=1S/C17H18F3N3O2/c1-2-7-21-15(24)12-22-8-10-23(11-9-22)16(25)13-5-3-4-6-14(13)17(18,19)20/h1,3-6H,7-12H2,(H,21,24). The molecule has 1 aliphatic rings. The Kier molecular flexibility index (Phi) is 6.04. The molecule has 0 bridgehead atoms. The van der Waals surface area contributed by atoms with Crippen LogP contribution in [0.1, 0.15) is 15.9 Å². The van der Waals surface area contributed by atoms with Crippen LogP contribution in [0.2, 0.25) is 0 Å². The molecule has 1 aliphatic heterocycles. The molecular weight excluding hydrogens is 335 g/mol. The van der Waals surface area contributed by atoms with Gasteiger partial charge in [-0.05, 0) is 12.1 Å². The Labute approximate surface area is 143 Å². The molecule has 1 N–H and O–H groups in total.